The van der Waals surface area contributed by atoms with E-state index >= 15 is 0 Å². The predicted octanol–water partition coefficient (Wildman–Crippen LogP) is 1.56. The summed E-state index contributed by atoms with van der Waals surface area (Å²) < 4.78 is 5.04. The molecule has 25 heavy (non-hydrogen) atoms. The van der Waals surface area contributed by atoms with Gasteiger partial charge in [0.1, 0.15) is 5.69 Å². The van der Waals surface area contributed by atoms with Gasteiger partial charge in [-0.3, -0.25) is 14.6 Å². The van der Waals surface area contributed by atoms with Crippen molar-refractivity contribution in [1.82, 2.24) is 14.9 Å². The Bertz CT molecular complexity index is 766. The molecule has 3 heterocycles. The fraction of sp³-hybridized carbons (Fsp3) is 0.333. The quantitative estimate of drug-likeness (QED) is 0.887. The van der Waals surface area contributed by atoms with Crippen LogP contribution in [0.2, 0.25) is 0 Å². The van der Waals surface area contributed by atoms with E-state index in [-0.39, 0.29) is 18.4 Å². The molecule has 0 bridgehead atoms. The lowest BCUT2D eigenvalue weighted by Crippen LogP contribution is -2.30. The summed E-state index contributed by atoms with van der Waals surface area (Å²) in [5.74, 6) is -2.12. The summed E-state index contributed by atoms with van der Waals surface area (Å²) in [5.41, 5.74) is 1.78. The fourth-order valence-electron chi connectivity index (χ4n) is 3.14. The van der Waals surface area contributed by atoms with E-state index in [4.69, 9.17) is 4.74 Å². The molecule has 0 spiro atoms. The predicted molar refractivity (Wildman–Crippen MR) is 89.0 cm³/mol. The van der Waals surface area contributed by atoms with Gasteiger partial charge in [-0.1, -0.05) is 12.1 Å². The SMILES string of the molecule is COCc1cccc(C(=O)N2C[C@H](C(=O)O)[C@@H](c3cccnc3)C2)n1. The molecule has 1 saturated heterocycles. The van der Waals surface area contributed by atoms with E-state index in [1.807, 2.05) is 6.07 Å². The topological polar surface area (TPSA) is 92.6 Å². The minimum atomic E-state index is -0.912. The number of aliphatic carboxylic acids is 1. The number of aromatic nitrogens is 2. The molecule has 0 radical (unpaired) electrons. The van der Waals surface area contributed by atoms with E-state index in [2.05, 4.69) is 9.97 Å². The first-order valence-corrected chi connectivity index (χ1v) is 7.97. The number of carbonyl (C=O) groups excluding carboxylic acids is 1. The molecule has 2 aromatic rings. The van der Waals surface area contributed by atoms with Gasteiger partial charge in [-0.2, -0.15) is 0 Å². The van der Waals surface area contributed by atoms with Crippen molar-refractivity contribution in [3.05, 3.63) is 59.7 Å². The first-order valence-electron chi connectivity index (χ1n) is 7.97. The summed E-state index contributed by atoms with van der Waals surface area (Å²) >= 11 is 0. The molecular weight excluding hydrogens is 322 g/mol. The first kappa shape index (κ1) is 17.0. The lowest BCUT2D eigenvalue weighted by atomic mass is 9.90. The second-order valence-electron chi connectivity index (χ2n) is 5.99. The Kier molecular flexibility index (Phi) is 5.04. The number of pyridine rings is 2. The van der Waals surface area contributed by atoms with Crippen molar-refractivity contribution in [1.29, 1.82) is 0 Å². The summed E-state index contributed by atoms with van der Waals surface area (Å²) in [4.78, 5) is 34.3. The van der Waals surface area contributed by atoms with Crippen LogP contribution in [0.25, 0.3) is 0 Å². The second-order valence-corrected chi connectivity index (χ2v) is 5.99. The summed E-state index contributed by atoms with van der Waals surface area (Å²) in [5, 5.41) is 9.54. The maximum Gasteiger partial charge on any atom is 0.308 e. The average Bonchev–Trinajstić information content (AvgIpc) is 3.08. The van der Waals surface area contributed by atoms with Crippen LogP contribution < -0.4 is 0 Å². The van der Waals surface area contributed by atoms with Crippen molar-refractivity contribution in [3.63, 3.8) is 0 Å². The average molecular weight is 341 g/mol. The molecule has 0 saturated carbocycles. The first-order chi connectivity index (χ1) is 12.1. The number of carboxylic acid groups (broad SMARTS) is 1. The van der Waals surface area contributed by atoms with E-state index in [0.29, 0.717) is 24.5 Å². The fourth-order valence-corrected chi connectivity index (χ4v) is 3.14. The number of ether oxygens (including phenoxy) is 1. The van der Waals surface area contributed by atoms with Crippen molar-refractivity contribution in [2.75, 3.05) is 20.2 Å². The van der Waals surface area contributed by atoms with Crippen molar-refractivity contribution in [3.8, 4) is 0 Å². The lowest BCUT2D eigenvalue weighted by Gasteiger charge is -2.16. The Morgan fingerprint density at radius 1 is 1.28 bits per heavy atom. The molecule has 130 valence electrons. The van der Waals surface area contributed by atoms with Crippen LogP contribution in [0, 0.1) is 5.92 Å². The van der Waals surface area contributed by atoms with E-state index in [1.165, 1.54) is 0 Å². The zero-order valence-electron chi connectivity index (χ0n) is 13.8. The number of nitrogens with zero attached hydrogens (tertiary/aromatic N) is 3. The Balaban J connectivity index is 1.82. The molecule has 1 aliphatic rings. The molecule has 1 aliphatic heterocycles. The van der Waals surface area contributed by atoms with Crippen molar-refractivity contribution in [2.24, 2.45) is 5.92 Å². The molecule has 0 aromatic carbocycles. The van der Waals surface area contributed by atoms with Gasteiger partial charge in [0, 0.05) is 38.5 Å². The maximum absolute atomic E-state index is 12.8. The van der Waals surface area contributed by atoms with Crippen molar-refractivity contribution in [2.45, 2.75) is 12.5 Å². The van der Waals surface area contributed by atoms with E-state index in [1.54, 1.807) is 48.7 Å². The van der Waals surface area contributed by atoms with Crippen LogP contribution in [0.5, 0.6) is 0 Å². The van der Waals surface area contributed by atoms with Gasteiger partial charge in [0.05, 0.1) is 18.2 Å². The van der Waals surface area contributed by atoms with Gasteiger partial charge < -0.3 is 14.7 Å². The van der Waals surface area contributed by atoms with Gasteiger partial charge in [-0.15, -0.1) is 0 Å². The number of hydrogen-bond acceptors (Lipinski definition) is 5. The summed E-state index contributed by atoms with van der Waals surface area (Å²) in [7, 11) is 1.56. The Morgan fingerprint density at radius 3 is 2.80 bits per heavy atom. The van der Waals surface area contributed by atoms with Crippen LogP contribution in [0.3, 0.4) is 0 Å². The van der Waals surface area contributed by atoms with Gasteiger partial charge in [0.25, 0.3) is 5.91 Å². The maximum atomic E-state index is 12.8. The molecule has 0 unspecified atom stereocenters. The zero-order valence-corrected chi connectivity index (χ0v) is 13.8. The molecule has 2 atom stereocenters. The van der Waals surface area contributed by atoms with E-state index in [9.17, 15) is 14.7 Å². The highest BCUT2D eigenvalue weighted by Crippen LogP contribution is 2.33. The van der Waals surface area contributed by atoms with Crippen LogP contribution >= 0.6 is 0 Å². The lowest BCUT2D eigenvalue weighted by molar-refractivity contribution is -0.141. The number of methoxy groups -OCH3 is 1. The molecule has 0 aliphatic carbocycles. The molecule has 1 N–H and O–H groups in total. The third-order valence-electron chi connectivity index (χ3n) is 4.35. The number of carbonyl (C=O) groups is 2. The molecule has 3 rings (SSSR count). The summed E-state index contributed by atoms with van der Waals surface area (Å²) in [6.07, 6.45) is 3.30. The second kappa shape index (κ2) is 7.40. The molecule has 7 nitrogen and oxygen atoms in total. The third kappa shape index (κ3) is 3.66. The largest absolute Gasteiger partial charge is 0.481 e. The molecular formula is C18H19N3O4. The molecule has 2 aromatic heterocycles. The normalized spacial score (nSPS) is 19.8. The van der Waals surface area contributed by atoms with Crippen LogP contribution in [0.15, 0.2) is 42.7 Å². The number of likely N-dealkylation sites (tertiary alicyclic amines) is 1. The minimum absolute atomic E-state index is 0.157. The van der Waals surface area contributed by atoms with Crippen LogP contribution in [0.1, 0.15) is 27.7 Å². The Labute approximate surface area is 145 Å². The summed E-state index contributed by atoms with van der Waals surface area (Å²) in [6.45, 7) is 0.804. The highest BCUT2D eigenvalue weighted by atomic mass is 16.5. The Hall–Kier alpha value is -2.80. The number of amides is 1. The van der Waals surface area contributed by atoms with Gasteiger partial charge in [-0.05, 0) is 23.8 Å². The number of rotatable bonds is 5. The highest BCUT2D eigenvalue weighted by molar-refractivity contribution is 5.93. The number of carboxylic acids is 1. The molecule has 1 fully saturated rings. The number of hydrogen-bond donors (Lipinski definition) is 1. The van der Waals surface area contributed by atoms with Crippen LogP contribution in [-0.2, 0) is 16.1 Å². The van der Waals surface area contributed by atoms with E-state index in [0.717, 1.165) is 5.56 Å². The monoisotopic (exact) mass is 341 g/mol. The van der Waals surface area contributed by atoms with Crippen molar-refractivity contribution >= 4 is 11.9 Å². The Morgan fingerprint density at radius 2 is 2.12 bits per heavy atom. The smallest absolute Gasteiger partial charge is 0.308 e. The summed E-state index contributed by atoms with van der Waals surface area (Å²) in [6, 6.07) is 8.78. The zero-order chi connectivity index (χ0) is 17.8. The van der Waals surface area contributed by atoms with Gasteiger partial charge >= 0.3 is 5.97 Å². The van der Waals surface area contributed by atoms with Crippen LogP contribution in [0.4, 0.5) is 0 Å². The van der Waals surface area contributed by atoms with Gasteiger partial charge in [0.2, 0.25) is 0 Å². The highest BCUT2D eigenvalue weighted by Gasteiger charge is 2.41. The van der Waals surface area contributed by atoms with Crippen molar-refractivity contribution < 1.29 is 19.4 Å². The molecule has 7 heteroatoms. The van der Waals surface area contributed by atoms with Gasteiger partial charge in [-0.25, -0.2) is 4.98 Å². The third-order valence-corrected chi connectivity index (χ3v) is 4.35. The molecule has 1 amide bonds. The minimum Gasteiger partial charge on any atom is -0.481 e. The standard InChI is InChI=1S/C18H19N3O4/c1-25-11-13-5-2-6-16(20-13)17(22)21-9-14(15(10-21)18(23)24)12-4-3-7-19-8-12/h2-8,14-15H,9-11H2,1H3,(H,23,24)/t14-,15+/m1/s1. The van der Waals surface area contributed by atoms with Crippen LogP contribution in [-0.4, -0.2) is 52.1 Å². The van der Waals surface area contributed by atoms with E-state index < -0.39 is 11.9 Å². The van der Waals surface area contributed by atoms with Gasteiger partial charge in [0.15, 0.2) is 0 Å².